The number of carbonyl (C=O) groups is 3. The molecule has 5 atom stereocenters. The van der Waals surface area contributed by atoms with Crippen molar-refractivity contribution in [3.8, 4) is 0 Å². The van der Waals surface area contributed by atoms with E-state index in [0.717, 1.165) is 0 Å². The number of nitrogens with zero attached hydrogens (tertiary/aromatic N) is 1. The summed E-state index contributed by atoms with van der Waals surface area (Å²) in [6, 6.07) is -1.48. The van der Waals surface area contributed by atoms with Crippen LogP contribution in [0.15, 0.2) is 4.99 Å². The first-order valence-electron chi connectivity index (χ1n) is 12.1. The molecule has 0 spiro atoms. The Hall–Kier alpha value is -0.958. The van der Waals surface area contributed by atoms with E-state index >= 15 is 0 Å². The third-order valence-electron chi connectivity index (χ3n) is 5.76. The number of hydrogen-bond acceptors (Lipinski definition) is 8. The second-order valence-corrected chi connectivity index (χ2v) is 10.8. The van der Waals surface area contributed by atoms with Gasteiger partial charge in [0.2, 0.25) is 5.96 Å². The van der Waals surface area contributed by atoms with Crippen LogP contribution < -0.4 is 10.6 Å². The monoisotopic (exact) mass is 726 g/mol. The molecule has 11 nitrogen and oxygen atoms in total. The molecular weight excluding hydrogens is 683 g/mol. The van der Waals surface area contributed by atoms with Crippen molar-refractivity contribution in [3.05, 3.63) is 5.73 Å². The summed E-state index contributed by atoms with van der Waals surface area (Å²) in [7, 11) is 1.24. The van der Waals surface area contributed by atoms with Crippen LogP contribution in [0.5, 0.6) is 0 Å². The Labute approximate surface area is 250 Å². The molecule has 0 aliphatic heterocycles. The third kappa shape index (κ3) is 11.2. The minimum absolute atomic E-state index is 0. The van der Waals surface area contributed by atoms with Crippen LogP contribution in [0.4, 0.5) is 9.59 Å². The molecule has 0 bridgehead atoms. The summed E-state index contributed by atoms with van der Waals surface area (Å²) in [4.78, 5) is 41.7. The number of ether oxygens (including phenoxy) is 3. The molecule has 1 saturated carbocycles. The third-order valence-corrected chi connectivity index (χ3v) is 5.76. The molecule has 36 heavy (non-hydrogen) atoms. The summed E-state index contributed by atoms with van der Waals surface area (Å²) in [5, 5.41) is 15.8. The maximum atomic E-state index is 12.4. The second-order valence-electron chi connectivity index (χ2n) is 10.8. The SMILES string of the molecule is CCC(CC)C([NH-])C1C(N=C(NC(=O)OC(C)(C)C)NC(=O)OC(C)(C)C)CC(C(=O)OC)C1O.[Ac]. The van der Waals surface area contributed by atoms with Gasteiger partial charge in [0.05, 0.1) is 25.2 Å². The second kappa shape index (κ2) is 14.8. The van der Waals surface area contributed by atoms with Crippen LogP contribution in [0, 0.1) is 61.8 Å². The number of methoxy groups -OCH3 is 1. The summed E-state index contributed by atoms with van der Waals surface area (Å²) in [6.45, 7) is 14.1. The molecule has 0 aromatic heterocycles. The number of alkyl carbamates (subject to hydrolysis) is 2. The summed E-state index contributed by atoms with van der Waals surface area (Å²) >= 11 is 0. The Balaban J connectivity index is 0.0000122. The molecule has 1 aliphatic carbocycles. The summed E-state index contributed by atoms with van der Waals surface area (Å²) < 4.78 is 15.4. The Morgan fingerprint density at radius 2 is 1.44 bits per heavy atom. The molecule has 0 aromatic carbocycles. The number of hydrogen-bond donors (Lipinski definition) is 3. The molecule has 1 aliphatic rings. The molecule has 1 fully saturated rings. The van der Waals surface area contributed by atoms with Crippen LogP contribution in [0.25, 0.3) is 5.73 Å². The summed E-state index contributed by atoms with van der Waals surface area (Å²) in [5.41, 5.74) is 7.23. The zero-order valence-corrected chi connectivity index (χ0v) is 27.8. The van der Waals surface area contributed by atoms with Gasteiger partial charge in [0, 0.05) is 44.1 Å². The number of carbonyl (C=O) groups excluding carboxylic acids is 3. The topological polar surface area (TPSA) is 159 Å². The zero-order chi connectivity index (χ0) is 27.1. The van der Waals surface area contributed by atoms with E-state index in [1.54, 1.807) is 41.5 Å². The molecule has 0 heterocycles. The number of guanidine groups is 1. The molecule has 205 valence electrons. The van der Waals surface area contributed by atoms with Crippen molar-refractivity contribution in [1.29, 1.82) is 0 Å². The predicted molar refractivity (Wildman–Crippen MR) is 132 cm³/mol. The Morgan fingerprint density at radius 3 is 1.81 bits per heavy atom. The maximum Gasteiger partial charge on any atom is 0.414 e. The average Bonchev–Trinajstić information content (AvgIpc) is 3.00. The molecule has 4 N–H and O–H groups in total. The van der Waals surface area contributed by atoms with E-state index in [1.807, 2.05) is 13.8 Å². The normalized spacial score (nSPS) is 22.7. The van der Waals surface area contributed by atoms with Crippen molar-refractivity contribution < 1.29 is 77.8 Å². The van der Waals surface area contributed by atoms with Crippen LogP contribution in [-0.2, 0) is 19.0 Å². The van der Waals surface area contributed by atoms with Crippen LogP contribution >= 0.6 is 0 Å². The van der Waals surface area contributed by atoms with Gasteiger partial charge in [-0.1, -0.05) is 32.6 Å². The first-order chi connectivity index (χ1) is 16.0. The first kappa shape index (κ1) is 35.0. The van der Waals surface area contributed by atoms with Gasteiger partial charge in [-0.15, -0.1) is 6.04 Å². The van der Waals surface area contributed by atoms with Crippen LogP contribution in [0.1, 0.15) is 74.7 Å². The fourth-order valence-electron chi connectivity index (χ4n) is 4.20. The van der Waals surface area contributed by atoms with Gasteiger partial charge < -0.3 is 25.1 Å². The summed E-state index contributed by atoms with van der Waals surface area (Å²) in [6.07, 6.45) is -1.35. The number of rotatable bonds is 6. The van der Waals surface area contributed by atoms with E-state index in [9.17, 15) is 19.5 Å². The Kier molecular flexibility index (Phi) is 14.4. The van der Waals surface area contributed by atoms with Gasteiger partial charge in [-0.2, -0.15) is 0 Å². The van der Waals surface area contributed by atoms with E-state index in [2.05, 4.69) is 15.6 Å². The van der Waals surface area contributed by atoms with Gasteiger partial charge in [-0.3, -0.25) is 15.4 Å². The first-order valence-corrected chi connectivity index (χ1v) is 12.1. The molecule has 1 rings (SSSR count). The van der Waals surface area contributed by atoms with Crippen molar-refractivity contribution >= 4 is 24.1 Å². The maximum absolute atomic E-state index is 12.4. The standard InChI is InChI=1S/C24H43N4O7.Ac/c1-10-13(11-2)17(25)16-15(12-14(18(16)29)19(30)33-9)26-20(27-21(31)34-23(3,4)5)28-22(32)35-24(6,7)8;/h13-18,25,29H,10-12H2,1-9H3,(H2,26,27,28,31,32);/q-1;. The van der Waals surface area contributed by atoms with Gasteiger partial charge in [0.1, 0.15) is 11.2 Å². The number of aliphatic hydroxyl groups excluding tert-OH is 1. The fraction of sp³-hybridized carbons (Fsp3) is 0.833. The molecule has 1 radical (unpaired) electrons. The number of nitrogens with one attached hydrogen (secondary N) is 3. The minimum atomic E-state index is -1.16. The average molecular weight is 727 g/mol. The summed E-state index contributed by atoms with van der Waals surface area (Å²) in [5.74, 6) is -2.49. The minimum Gasteiger partial charge on any atom is -0.674 e. The molecule has 0 saturated heterocycles. The number of aliphatic imine (C=N–C) groups is 1. The Morgan fingerprint density at radius 1 is 1.00 bits per heavy atom. The van der Waals surface area contributed by atoms with Gasteiger partial charge in [-0.05, 0) is 53.9 Å². The van der Waals surface area contributed by atoms with Crippen LogP contribution in [-0.4, -0.2) is 65.7 Å². The van der Waals surface area contributed by atoms with Crippen LogP contribution in [0.2, 0.25) is 0 Å². The fourth-order valence-corrected chi connectivity index (χ4v) is 4.20. The van der Waals surface area contributed by atoms with Gasteiger partial charge in [0.25, 0.3) is 0 Å². The quantitative estimate of drug-likeness (QED) is 0.163. The molecule has 5 unspecified atom stereocenters. The van der Waals surface area contributed by atoms with Gasteiger partial charge >= 0.3 is 18.2 Å². The van der Waals surface area contributed by atoms with Crippen molar-refractivity contribution in [2.45, 2.75) is 104 Å². The van der Waals surface area contributed by atoms with E-state index < -0.39 is 59.4 Å². The largest absolute Gasteiger partial charge is 0.674 e. The molecule has 0 aromatic rings. The number of esters is 1. The van der Waals surface area contributed by atoms with E-state index in [0.29, 0.717) is 12.8 Å². The van der Waals surface area contributed by atoms with Crippen molar-refractivity contribution in [1.82, 2.24) is 10.6 Å². The molecule has 12 heteroatoms. The number of aliphatic hydroxyl groups is 1. The predicted octanol–water partition coefficient (Wildman–Crippen LogP) is 3.79. The molecule has 2 amide bonds. The smallest absolute Gasteiger partial charge is 0.414 e. The zero-order valence-electron chi connectivity index (χ0n) is 23.0. The van der Waals surface area contributed by atoms with E-state index in [-0.39, 0.29) is 62.4 Å². The van der Waals surface area contributed by atoms with Crippen molar-refractivity contribution in [2.24, 2.45) is 22.7 Å². The Bertz CT molecular complexity index is 743. The van der Waals surface area contributed by atoms with Gasteiger partial charge in [0.15, 0.2) is 0 Å². The molecular formula is C24H43AcN4O7-. The van der Waals surface area contributed by atoms with E-state index in [1.165, 1.54) is 7.11 Å². The van der Waals surface area contributed by atoms with Crippen molar-refractivity contribution in [3.63, 3.8) is 0 Å². The van der Waals surface area contributed by atoms with Crippen LogP contribution in [0.3, 0.4) is 0 Å². The van der Waals surface area contributed by atoms with Gasteiger partial charge in [-0.25, -0.2) is 14.6 Å². The van der Waals surface area contributed by atoms with Crippen molar-refractivity contribution in [2.75, 3.05) is 7.11 Å². The number of amides is 2. The van der Waals surface area contributed by atoms with E-state index in [4.69, 9.17) is 19.9 Å².